The van der Waals surface area contributed by atoms with E-state index in [1.807, 2.05) is 0 Å². The van der Waals surface area contributed by atoms with E-state index in [2.05, 4.69) is 17.6 Å². The second kappa shape index (κ2) is 4.86. The van der Waals surface area contributed by atoms with Crippen LogP contribution in [0.5, 0.6) is 0 Å². The third-order valence-electron chi connectivity index (χ3n) is 0.717. The Morgan fingerprint density at radius 2 is 2.36 bits per heavy atom. The number of hydroxylamine groups is 1. The van der Waals surface area contributed by atoms with Crippen molar-refractivity contribution in [3.8, 4) is 0 Å². The highest BCUT2D eigenvalue weighted by molar-refractivity contribution is 7.80. The quantitative estimate of drug-likeness (QED) is 0.441. The highest BCUT2D eigenvalue weighted by Crippen LogP contribution is 1.84. The molecule has 0 radical (unpaired) electrons. The van der Waals surface area contributed by atoms with Gasteiger partial charge in [0, 0.05) is 6.92 Å². The molecule has 0 aliphatic rings. The minimum atomic E-state index is -0.286. The Morgan fingerprint density at radius 1 is 1.82 bits per heavy atom. The summed E-state index contributed by atoms with van der Waals surface area (Å²) in [5, 5.41) is 0.930. The van der Waals surface area contributed by atoms with E-state index in [1.165, 1.54) is 6.92 Å². The van der Waals surface area contributed by atoms with Crippen molar-refractivity contribution in [2.24, 2.45) is 5.73 Å². The molecule has 5 nitrogen and oxygen atoms in total. The first-order valence-electron chi connectivity index (χ1n) is 3.07. The molecule has 0 spiro atoms. The lowest BCUT2D eigenvalue weighted by atomic mass is 10.8. The zero-order valence-electron chi connectivity index (χ0n) is 6.46. The minimum absolute atomic E-state index is 0.0259. The molecule has 0 aliphatic heterocycles. The largest absolute Gasteiger partial charge is 0.373 e. The monoisotopic (exact) mass is 177 g/mol. The standard InChI is InChI=1S/C5H11N3O2S/c1-3-10-8(5(6)11)7-4(2)9/h3H2,1-2H3,(H2,6,11)(H,7,9). The normalized spacial score (nSPS) is 8.91. The van der Waals surface area contributed by atoms with Gasteiger partial charge in [0.25, 0.3) is 0 Å². The number of rotatable bonds is 2. The second-order valence-corrected chi connectivity index (χ2v) is 2.14. The fraction of sp³-hybridized carbons (Fsp3) is 0.600. The Hall–Kier alpha value is -0.880. The summed E-state index contributed by atoms with van der Waals surface area (Å²) in [5.74, 6) is -0.286. The van der Waals surface area contributed by atoms with Crippen LogP contribution in [0.4, 0.5) is 0 Å². The second-order valence-electron chi connectivity index (χ2n) is 1.72. The van der Waals surface area contributed by atoms with Crippen LogP contribution >= 0.6 is 12.2 Å². The highest BCUT2D eigenvalue weighted by Gasteiger charge is 2.05. The lowest BCUT2D eigenvalue weighted by Crippen LogP contribution is -2.47. The van der Waals surface area contributed by atoms with Gasteiger partial charge in [0.15, 0.2) is 0 Å². The molecular formula is C5H11N3O2S. The number of carbonyl (C=O) groups excluding carboxylic acids is 1. The van der Waals surface area contributed by atoms with Gasteiger partial charge in [-0.15, -0.1) is 5.17 Å². The van der Waals surface area contributed by atoms with Crippen molar-refractivity contribution in [2.75, 3.05) is 6.61 Å². The molecule has 0 saturated heterocycles. The molecule has 0 aromatic heterocycles. The number of hydrogen-bond donors (Lipinski definition) is 2. The SMILES string of the molecule is CCON(NC(C)=O)C(N)=S. The van der Waals surface area contributed by atoms with Crippen LogP contribution in [0.25, 0.3) is 0 Å². The molecular weight excluding hydrogens is 166 g/mol. The molecule has 0 saturated carbocycles. The number of amides is 1. The number of thiocarbonyl (C=S) groups is 1. The van der Waals surface area contributed by atoms with Crippen molar-refractivity contribution in [1.29, 1.82) is 0 Å². The number of hydrogen-bond acceptors (Lipinski definition) is 3. The smallest absolute Gasteiger partial charge is 0.237 e. The number of nitrogens with one attached hydrogen (secondary N) is 1. The average Bonchev–Trinajstić information content (AvgIpc) is 1.86. The highest BCUT2D eigenvalue weighted by atomic mass is 32.1. The zero-order valence-corrected chi connectivity index (χ0v) is 7.27. The third kappa shape index (κ3) is 4.51. The number of carbonyl (C=O) groups is 1. The first kappa shape index (κ1) is 10.1. The van der Waals surface area contributed by atoms with Crippen LogP contribution in [-0.4, -0.2) is 22.8 Å². The van der Waals surface area contributed by atoms with Crippen molar-refractivity contribution in [1.82, 2.24) is 10.6 Å². The van der Waals surface area contributed by atoms with Crippen LogP contribution in [0.2, 0.25) is 0 Å². The molecule has 0 unspecified atom stereocenters. The summed E-state index contributed by atoms with van der Waals surface area (Å²) in [5.41, 5.74) is 7.47. The van der Waals surface area contributed by atoms with Crippen LogP contribution in [0.15, 0.2) is 0 Å². The van der Waals surface area contributed by atoms with E-state index < -0.39 is 0 Å². The van der Waals surface area contributed by atoms with Gasteiger partial charge in [-0.25, -0.2) is 5.43 Å². The molecule has 0 rings (SSSR count). The van der Waals surface area contributed by atoms with E-state index in [1.54, 1.807) is 6.92 Å². The molecule has 0 atom stereocenters. The zero-order chi connectivity index (χ0) is 8.85. The molecule has 0 bridgehead atoms. The van der Waals surface area contributed by atoms with Crippen LogP contribution in [0.3, 0.4) is 0 Å². The summed E-state index contributed by atoms with van der Waals surface area (Å²) in [7, 11) is 0. The Labute approximate surface area is 70.4 Å². The average molecular weight is 177 g/mol. The van der Waals surface area contributed by atoms with Gasteiger partial charge in [0.1, 0.15) is 0 Å². The maximum absolute atomic E-state index is 10.5. The van der Waals surface area contributed by atoms with Crippen molar-refractivity contribution in [3.05, 3.63) is 0 Å². The van der Waals surface area contributed by atoms with Crippen molar-refractivity contribution in [3.63, 3.8) is 0 Å². The number of nitrogens with two attached hydrogens (primary N) is 1. The molecule has 0 aliphatic carbocycles. The third-order valence-corrected chi connectivity index (χ3v) is 0.883. The fourth-order valence-electron chi connectivity index (χ4n) is 0.423. The van der Waals surface area contributed by atoms with Crippen molar-refractivity contribution in [2.45, 2.75) is 13.8 Å². The van der Waals surface area contributed by atoms with Crippen molar-refractivity contribution >= 4 is 23.2 Å². The first-order chi connectivity index (χ1) is 5.07. The van der Waals surface area contributed by atoms with Gasteiger partial charge in [-0.3, -0.25) is 9.63 Å². The summed E-state index contributed by atoms with van der Waals surface area (Å²) in [6.07, 6.45) is 0. The van der Waals surface area contributed by atoms with Gasteiger partial charge in [-0.1, -0.05) is 0 Å². The fourth-order valence-corrected chi connectivity index (χ4v) is 0.521. The molecule has 3 N–H and O–H groups in total. The van der Waals surface area contributed by atoms with E-state index in [0.717, 1.165) is 5.17 Å². The first-order valence-corrected chi connectivity index (χ1v) is 3.48. The molecule has 0 aromatic rings. The molecule has 0 fully saturated rings. The minimum Gasteiger partial charge on any atom is -0.373 e. The molecule has 1 amide bonds. The lowest BCUT2D eigenvalue weighted by Gasteiger charge is -2.19. The van der Waals surface area contributed by atoms with Gasteiger partial charge >= 0.3 is 0 Å². The van der Waals surface area contributed by atoms with Gasteiger partial charge in [-0.05, 0) is 19.1 Å². The molecule has 6 heteroatoms. The molecule has 64 valence electrons. The maximum Gasteiger partial charge on any atom is 0.237 e. The number of nitrogens with zero attached hydrogens (tertiary/aromatic N) is 1. The van der Waals surface area contributed by atoms with E-state index in [4.69, 9.17) is 10.6 Å². The van der Waals surface area contributed by atoms with Gasteiger partial charge in [-0.2, -0.15) is 0 Å². The summed E-state index contributed by atoms with van der Waals surface area (Å²) in [4.78, 5) is 15.3. The van der Waals surface area contributed by atoms with Crippen molar-refractivity contribution < 1.29 is 9.63 Å². The topological polar surface area (TPSA) is 67.6 Å². The predicted molar refractivity (Wildman–Crippen MR) is 44.1 cm³/mol. The van der Waals surface area contributed by atoms with Crippen LogP contribution in [-0.2, 0) is 9.63 Å². The Kier molecular flexibility index (Phi) is 4.47. The Balaban J connectivity index is 3.89. The lowest BCUT2D eigenvalue weighted by molar-refractivity contribution is -0.153. The van der Waals surface area contributed by atoms with Crippen LogP contribution in [0.1, 0.15) is 13.8 Å². The summed E-state index contributed by atoms with van der Waals surface area (Å²) in [6, 6.07) is 0. The number of hydrazine groups is 1. The summed E-state index contributed by atoms with van der Waals surface area (Å²) < 4.78 is 0. The van der Waals surface area contributed by atoms with E-state index in [-0.39, 0.29) is 11.0 Å². The van der Waals surface area contributed by atoms with Crippen LogP contribution < -0.4 is 11.2 Å². The summed E-state index contributed by atoms with van der Waals surface area (Å²) >= 11 is 4.56. The predicted octanol–water partition coefficient (Wildman–Crippen LogP) is -0.465. The van der Waals surface area contributed by atoms with Crippen LogP contribution in [0, 0.1) is 0 Å². The molecule has 0 aromatic carbocycles. The van der Waals surface area contributed by atoms with E-state index in [9.17, 15) is 4.79 Å². The maximum atomic E-state index is 10.5. The summed E-state index contributed by atoms with van der Waals surface area (Å²) in [6.45, 7) is 3.48. The van der Waals surface area contributed by atoms with E-state index >= 15 is 0 Å². The van der Waals surface area contributed by atoms with Gasteiger partial charge in [0.05, 0.1) is 6.61 Å². The Morgan fingerprint density at radius 3 is 2.64 bits per heavy atom. The van der Waals surface area contributed by atoms with Gasteiger partial charge in [0.2, 0.25) is 11.0 Å². The molecule has 0 heterocycles. The van der Waals surface area contributed by atoms with Gasteiger partial charge < -0.3 is 5.73 Å². The van der Waals surface area contributed by atoms with E-state index in [0.29, 0.717) is 6.61 Å². The molecule has 11 heavy (non-hydrogen) atoms. The Bertz CT molecular complexity index is 162.